The van der Waals surface area contributed by atoms with Crippen LogP contribution < -0.4 is 10.9 Å². The Balaban J connectivity index is 0.00000156. The van der Waals surface area contributed by atoms with Crippen LogP contribution in [0.4, 0.5) is 4.39 Å². The number of hydrogen-bond donors (Lipinski definition) is 2. The van der Waals surface area contributed by atoms with E-state index in [1.54, 1.807) is 10.7 Å². The second kappa shape index (κ2) is 5.94. The average molecular weight is 337 g/mol. The molecule has 2 aromatic heterocycles. The summed E-state index contributed by atoms with van der Waals surface area (Å²) in [5, 5.41) is 10.1. The van der Waals surface area contributed by atoms with Gasteiger partial charge in [0.05, 0.1) is 11.1 Å². The SMILES string of the molecule is Cl.Cn1nc(C2CCNCC2)c2c3ccc(F)cc3c(=O)[nH]c21. The molecule has 1 fully saturated rings. The summed E-state index contributed by atoms with van der Waals surface area (Å²) in [7, 11) is 1.83. The summed E-state index contributed by atoms with van der Waals surface area (Å²) in [6.45, 7) is 1.94. The third-order valence-corrected chi connectivity index (χ3v) is 4.53. The zero-order chi connectivity index (χ0) is 15.3. The molecule has 1 aliphatic rings. The van der Waals surface area contributed by atoms with E-state index in [0.717, 1.165) is 42.4 Å². The first-order valence-electron chi connectivity index (χ1n) is 7.54. The summed E-state index contributed by atoms with van der Waals surface area (Å²) in [6.07, 6.45) is 2.04. The smallest absolute Gasteiger partial charge is 0.257 e. The predicted octanol–water partition coefficient (Wildman–Crippen LogP) is 2.44. The number of rotatable bonds is 1. The lowest BCUT2D eigenvalue weighted by atomic mass is 9.92. The Hall–Kier alpha value is -1.92. The van der Waals surface area contributed by atoms with Crippen LogP contribution in [0.1, 0.15) is 24.5 Å². The second-order valence-electron chi connectivity index (χ2n) is 5.90. The van der Waals surface area contributed by atoms with E-state index in [2.05, 4.69) is 15.4 Å². The second-order valence-corrected chi connectivity index (χ2v) is 5.90. The quantitative estimate of drug-likeness (QED) is 0.717. The fourth-order valence-electron chi connectivity index (χ4n) is 3.43. The topological polar surface area (TPSA) is 62.7 Å². The standard InChI is InChI=1S/C16H17FN4O.ClH/c1-21-15-13(14(20-21)9-4-6-18-7-5-9)11-3-2-10(17)8-12(11)16(22)19-15;/h2-3,8-9,18H,4-7H2,1H3,(H,19,22);1H. The van der Waals surface area contributed by atoms with Crippen LogP contribution in [0.5, 0.6) is 0 Å². The van der Waals surface area contributed by atoms with Crippen molar-refractivity contribution in [1.82, 2.24) is 20.1 Å². The normalized spacial score (nSPS) is 15.9. The molecule has 0 unspecified atom stereocenters. The summed E-state index contributed by atoms with van der Waals surface area (Å²) in [5.74, 6) is -0.0336. The summed E-state index contributed by atoms with van der Waals surface area (Å²) in [5.41, 5.74) is 1.44. The van der Waals surface area contributed by atoms with Gasteiger partial charge in [0.25, 0.3) is 5.56 Å². The highest BCUT2D eigenvalue weighted by Crippen LogP contribution is 2.33. The minimum absolute atomic E-state index is 0. The first-order valence-corrected chi connectivity index (χ1v) is 7.54. The molecular formula is C16H18ClFN4O. The number of benzene rings is 1. The highest BCUT2D eigenvalue weighted by atomic mass is 35.5. The van der Waals surface area contributed by atoms with Crippen LogP contribution >= 0.6 is 12.4 Å². The molecule has 0 aliphatic carbocycles. The number of halogens is 2. The van der Waals surface area contributed by atoms with Crippen LogP contribution in [0, 0.1) is 5.82 Å². The Labute approximate surface area is 138 Å². The molecule has 0 radical (unpaired) electrons. The molecule has 23 heavy (non-hydrogen) atoms. The molecule has 5 nitrogen and oxygen atoms in total. The lowest BCUT2D eigenvalue weighted by molar-refractivity contribution is 0.452. The Morgan fingerprint density at radius 3 is 2.74 bits per heavy atom. The maximum atomic E-state index is 13.5. The zero-order valence-electron chi connectivity index (χ0n) is 12.7. The first-order chi connectivity index (χ1) is 10.6. The molecule has 0 amide bonds. The van der Waals surface area contributed by atoms with Gasteiger partial charge in [0, 0.05) is 23.7 Å². The number of piperidine rings is 1. The fourth-order valence-corrected chi connectivity index (χ4v) is 3.43. The molecule has 2 N–H and O–H groups in total. The van der Waals surface area contributed by atoms with E-state index in [1.807, 2.05) is 7.05 Å². The molecule has 1 aromatic carbocycles. The van der Waals surface area contributed by atoms with E-state index in [-0.39, 0.29) is 18.0 Å². The van der Waals surface area contributed by atoms with Gasteiger partial charge in [-0.05, 0) is 38.1 Å². The minimum atomic E-state index is -0.398. The summed E-state index contributed by atoms with van der Waals surface area (Å²) in [6, 6.07) is 4.39. The third-order valence-electron chi connectivity index (χ3n) is 4.53. The number of H-pyrrole nitrogens is 1. The van der Waals surface area contributed by atoms with Crippen LogP contribution in [-0.2, 0) is 7.05 Å². The molecule has 3 heterocycles. The van der Waals surface area contributed by atoms with Gasteiger partial charge >= 0.3 is 0 Å². The van der Waals surface area contributed by atoms with Gasteiger partial charge in [-0.25, -0.2) is 4.39 Å². The van der Waals surface area contributed by atoms with Gasteiger partial charge in [-0.15, -0.1) is 12.4 Å². The van der Waals surface area contributed by atoms with Gasteiger partial charge in [0.15, 0.2) is 0 Å². The lowest BCUT2D eigenvalue weighted by Gasteiger charge is -2.21. The van der Waals surface area contributed by atoms with Crippen LogP contribution in [0.2, 0.25) is 0 Å². The van der Waals surface area contributed by atoms with Gasteiger partial charge in [0.2, 0.25) is 0 Å². The van der Waals surface area contributed by atoms with Crippen molar-refractivity contribution in [2.45, 2.75) is 18.8 Å². The van der Waals surface area contributed by atoms with E-state index < -0.39 is 5.82 Å². The largest absolute Gasteiger partial charge is 0.317 e. The molecule has 3 aromatic rings. The van der Waals surface area contributed by atoms with Gasteiger partial charge in [-0.3, -0.25) is 9.48 Å². The summed E-state index contributed by atoms with van der Waals surface area (Å²) >= 11 is 0. The van der Waals surface area contributed by atoms with Crippen molar-refractivity contribution in [3.8, 4) is 0 Å². The maximum Gasteiger partial charge on any atom is 0.257 e. The van der Waals surface area contributed by atoms with Crippen LogP contribution in [0.3, 0.4) is 0 Å². The zero-order valence-corrected chi connectivity index (χ0v) is 13.5. The van der Waals surface area contributed by atoms with Crippen molar-refractivity contribution < 1.29 is 4.39 Å². The molecule has 0 bridgehead atoms. The van der Waals surface area contributed by atoms with Gasteiger partial charge in [-0.1, -0.05) is 6.07 Å². The van der Waals surface area contributed by atoms with E-state index >= 15 is 0 Å². The van der Waals surface area contributed by atoms with Crippen LogP contribution in [0.15, 0.2) is 23.0 Å². The van der Waals surface area contributed by atoms with Crippen molar-refractivity contribution in [3.05, 3.63) is 40.1 Å². The number of aromatic nitrogens is 3. The van der Waals surface area contributed by atoms with E-state index in [0.29, 0.717) is 17.0 Å². The summed E-state index contributed by atoms with van der Waals surface area (Å²) < 4.78 is 15.2. The molecule has 7 heteroatoms. The van der Waals surface area contributed by atoms with E-state index in [9.17, 15) is 9.18 Å². The number of nitrogens with zero attached hydrogens (tertiary/aromatic N) is 2. The Kier molecular flexibility index (Phi) is 4.12. The minimum Gasteiger partial charge on any atom is -0.317 e. The van der Waals surface area contributed by atoms with Gasteiger partial charge in [0.1, 0.15) is 11.5 Å². The third kappa shape index (κ3) is 2.52. The van der Waals surface area contributed by atoms with Crippen LogP contribution in [0.25, 0.3) is 21.8 Å². The highest BCUT2D eigenvalue weighted by molar-refractivity contribution is 6.05. The molecule has 0 atom stereocenters. The van der Waals surface area contributed by atoms with Crippen molar-refractivity contribution in [3.63, 3.8) is 0 Å². The number of fused-ring (bicyclic) bond motifs is 3. The Morgan fingerprint density at radius 1 is 1.26 bits per heavy atom. The molecule has 1 aliphatic heterocycles. The fraction of sp³-hybridized carbons (Fsp3) is 0.375. The Morgan fingerprint density at radius 2 is 2.00 bits per heavy atom. The number of nitrogens with one attached hydrogen (secondary N) is 2. The first kappa shape index (κ1) is 16.0. The maximum absolute atomic E-state index is 13.5. The van der Waals surface area contributed by atoms with E-state index in [1.165, 1.54) is 12.1 Å². The molecule has 122 valence electrons. The number of hydrogen-bond acceptors (Lipinski definition) is 3. The molecule has 1 saturated heterocycles. The van der Waals surface area contributed by atoms with Crippen molar-refractivity contribution >= 4 is 34.2 Å². The summed E-state index contributed by atoms with van der Waals surface area (Å²) in [4.78, 5) is 15.1. The number of aromatic amines is 1. The van der Waals surface area contributed by atoms with Crippen LogP contribution in [-0.4, -0.2) is 27.9 Å². The molecule has 0 saturated carbocycles. The molecule has 4 rings (SSSR count). The lowest BCUT2D eigenvalue weighted by Crippen LogP contribution is -2.27. The van der Waals surface area contributed by atoms with Gasteiger partial charge in [-0.2, -0.15) is 5.10 Å². The average Bonchev–Trinajstić information content (AvgIpc) is 2.86. The number of aryl methyl sites for hydroxylation is 1. The number of pyridine rings is 1. The van der Waals surface area contributed by atoms with Crippen molar-refractivity contribution in [2.24, 2.45) is 7.05 Å². The Bertz CT molecular complexity index is 927. The molecular weight excluding hydrogens is 319 g/mol. The van der Waals surface area contributed by atoms with E-state index in [4.69, 9.17) is 0 Å². The van der Waals surface area contributed by atoms with Crippen molar-refractivity contribution in [1.29, 1.82) is 0 Å². The molecule has 0 spiro atoms. The van der Waals surface area contributed by atoms with Gasteiger partial charge < -0.3 is 10.3 Å². The monoisotopic (exact) mass is 336 g/mol. The van der Waals surface area contributed by atoms with Crippen molar-refractivity contribution in [2.75, 3.05) is 13.1 Å². The predicted molar refractivity (Wildman–Crippen MR) is 90.9 cm³/mol. The highest BCUT2D eigenvalue weighted by Gasteiger charge is 2.23.